The van der Waals surface area contributed by atoms with Crippen molar-refractivity contribution < 1.29 is 0 Å². The molecule has 0 amide bonds. The predicted octanol–water partition coefficient (Wildman–Crippen LogP) is 3.81. The zero-order valence-electron chi connectivity index (χ0n) is 13.5. The number of rotatable bonds is 2. The van der Waals surface area contributed by atoms with E-state index in [9.17, 15) is 0 Å². The van der Waals surface area contributed by atoms with Gasteiger partial charge >= 0.3 is 0 Å². The summed E-state index contributed by atoms with van der Waals surface area (Å²) in [7, 11) is -0.234. The van der Waals surface area contributed by atoms with Crippen molar-refractivity contribution in [3.8, 4) is 0 Å². The molecule has 0 atom stereocenters. The molecule has 2 aromatic carbocycles. The monoisotopic (exact) mass is 316 g/mol. The first-order valence-electron chi connectivity index (χ1n) is 8.16. The summed E-state index contributed by atoms with van der Waals surface area (Å²) >= 11 is 0. The standard InChI is InChI=1S/C12H12Si.2C5H6/c1-3-7-11(8-4-1)13-12-9-5-2-6-10-12;2*1-2-4-5-3-1/h1-10H,13H2;2*1-4H,5H2. The fourth-order valence-corrected chi connectivity index (χ4v) is 3.70. The van der Waals surface area contributed by atoms with Crippen LogP contribution in [-0.4, -0.2) is 9.52 Å². The van der Waals surface area contributed by atoms with Gasteiger partial charge in [-0.15, -0.1) is 0 Å². The van der Waals surface area contributed by atoms with E-state index in [0.29, 0.717) is 0 Å². The first-order valence-corrected chi connectivity index (χ1v) is 9.58. The molecule has 0 aliphatic heterocycles. The third-order valence-corrected chi connectivity index (χ3v) is 5.16. The molecule has 116 valence electrons. The second-order valence-electron chi connectivity index (χ2n) is 5.33. The summed E-state index contributed by atoms with van der Waals surface area (Å²) in [5.41, 5.74) is 0. The van der Waals surface area contributed by atoms with Gasteiger partial charge in [-0.05, 0) is 12.8 Å². The van der Waals surface area contributed by atoms with Crippen molar-refractivity contribution in [3.05, 3.63) is 109 Å². The summed E-state index contributed by atoms with van der Waals surface area (Å²) in [5, 5.41) is 3.02. The van der Waals surface area contributed by atoms with Crippen molar-refractivity contribution in [1.82, 2.24) is 0 Å². The SMILES string of the molecule is C1=CCC=C1.C1=CCC=C1.c1ccc([SiH2]c2ccccc2)cc1. The number of hydrogen-bond donors (Lipinski definition) is 0. The highest BCUT2D eigenvalue weighted by Crippen LogP contribution is 1.93. The molecule has 0 bridgehead atoms. The maximum Gasteiger partial charge on any atom is 0.0875 e. The van der Waals surface area contributed by atoms with Crippen molar-refractivity contribution in [2.24, 2.45) is 0 Å². The van der Waals surface area contributed by atoms with E-state index in [2.05, 4.69) is 109 Å². The summed E-state index contributed by atoms with van der Waals surface area (Å²) in [6, 6.07) is 21.5. The van der Waals surface area contributed by atoms with Gasteiger partial charge in [0.05, 0.1) is 9.52 Å². The Bertz CT molecular complexity index is 569. The lowest BCUT2D eigenvalue weighted by Crippen LogP contribution is -2.26. The first kappa shape index (κ1) is 17.0. The Morgan fingerprint density at radius 2 is 0.826 bits per heavy atom. The first-order chi connectivity index (χ1) is 11.4. The van der Waals surface area contributed by atoms with E-state index in [1.807, 2.05) is 0 Å². The molecule has 0 saturated heterocycles. The average molecular weight is 317 g/mol. The van der Waals surface area contributed by atoms with E-state index >= 15 is 0 Å². The normalized spacial score (nSPS) is 13.2. The maximum atomic E-state index is 2.22. The highest BCUT2D eigenvalue weighted by Gasteiger charge is 1.93. The van der Waals surface area contributed by atoms with Crippen molar-refractivity contribution in [2.75, 3.05) is 0 Å². The van der Waals surface area contributed by atoms with E-state index in [1.54, 1.807) is 0 Å². The summed E-state index contributed by atoms with van der Waals surface area (Å²) in [5.74, 6) is 0. The van der Waals surface area contributed by atoms with Gasteiger partial charge in [0.1, 0.15) is 0 Å². The Hall–Kier alpha value is -2.38. The molecule has 2 aliphatic rings. The zero-order valence-corrected chi connectivity index (χ0v) is 14.9. The van der Waals surface area contributed by atoms with E-state index in [1.165, 1.54) is 10.4 Å². The molecule has 0 unspecified atom stereocenters. The Morgan fingerprint density at radius 3 is 1.09 bits per heavy atom. The van der Waals surface area contributed by atoms with E-state index in [4.69, 9.17) is 0 Å². The molecule has 0 fully saturated rings. The third-order valence-electron chi connectivity index (χ3n) is 3.40. The smallest absolute Gasteiger partial charge is 0.0808 e. The lowest BCUT2D eigenvalue weighted by atomic mass is 10.4. The van der Waals surface area contributed by atoms with Crippen LogP contribution in [0.2, 0.25) is 0 Å². The summed E-state index contributed by atoms with van der Waals surface area (Å²) in [6.45, 7) is 0. The quantitative estimate of drug-likeness (QED) is 0.739. The minimum atomic E-state index is -0.234. The van der Waals surface area contributed by atoms with Gasteiger partial charge in [0.2, 0.25) is 0 Å². The van der Waals surface area contributed by atoms with Gasteiger partial charge in [0, 0.05) is 0 Å². The Labute approximate surface area is 142 Å². The molecule has 0 heterocycles. The van der Waals surface area contributed by atoms with E-state index in [0.717, 1.165) is 12.8 Å². The molecule has 1 heteroatoms. The third kappa shape index (κ3) is 7.98. The molecular formula is C22H24Si. The van der Waals surface area contributed by atoms with Crippen molar-refractivity contribution in [2.45, 2.75) is 12.8 Å². The highest BCUT2D eigenvalue weighted by atomic mass is 28.2. The molecule has 0 nitrogen and oxygen atoms in total. The van der Waals surface area contributed by atoms with E-state index < -0.39 is 0 Å². The number of allylic oxidation sites excluding steroid dienone is 8. The van der Waals surface area contributed by atoms with Crippen molar-refractivity contribution >= 4 is 19.9 Å². The molecule has 2 aromatic rings. The van der Waals surface area contributed by atoms with Crippen LogP contribution >= 0.6 is 0 Å². The molecule has 0 spiro atoms. The highest BCUT2D eigenvalue weighted by molar-refractivity contribution is 6.67. The van der Waals surface area contributed by atoms with Crippen LogP contribution in [0.3, 0.4) is 0 Å². The Morgan fingerprint density at radius 1 is 0.478 bits per heavy atom. The summed E-state index contributed by atoms with van der Waals surface area (Å²) < 4.78 is 0. The molecule has 0 N–H and O–H groups in total. The zero-order chi connectivity index (χ0) is 16.0. The van der Waals surface area contributed by atoms with Crippen molar-refractivity contribution in [3.63, 3.8) is 0 Å². The second kappa shape index (κ2) is 11.2. The second-order valence-corrected chi connectivity index (χ2v) is 7.32. The average Bonchev–Trinajstić information content (AvgIpc) is 3.35. The van der Waals surface area contributed by atoms with Crippen LogP contribution in [0.25, 0.3) is 0 Å². The van der Waals surface area contributed by atoms with Crippen LogP contribution in [-0.2, 0) is 0 Å². The topological polar surface area (TPSA) is 0 Å². The minimum absolute atomic E-state index is 0.234. The molecule has 2 aliphatic carbocycles. The van der Waals surface area contributed by atoms with Gasteiger partial charge in [-0.25, -0.2) is 0 Å². The Kier molecular flexibility index (Phi) is 8.28. The van der Waals surface area contributed by atoms with E-state index in [-0.39, 0.29) is 9.52 Å². The molecule has 4 rings (SSSR count). The summed E-state index contributed by atoms with van der Waals surface area (Å²) in [6.07, 6.45) is 19.0. The lowest BCUT2D eigenvalue weighted by Gasteiger charge is -1.99. The molecule has 0 radical (unpaired) electrons. The number of benzene rings is 2. The van der Waals surface area contributed by atoms with Crippen LogP contribution in [0.4, 0.5) is 0 Å². The van der Waals surface area contributed by atoms with Crippen LogP contribution in [0.15, 0.2) is 109 Å². The maximum absolute atomic E-state index is 2.22. The Balaban J connectivity index is 0.000000156. The van der Waals surface area contributed by atoms with Gasteiger partial charge in [0.25, 0.3) is 0 Å². The minimum Gasteiger partial charge on any atom is -0.0808 e. The molecule has 0 aromatic heterocycles. The van der Waals surface area contributed by atoms with Crippen LogP contribution < -0.4 is 10.4 Å². The van der Waals surface area contributed by atoms with Gasteiger partial charge in [-0.3, -0.25) is 0 Å². The molecular weight excluding hydrogens is 292 g/mol. The van der Waals surface area contributed by atoms with Crippen LogP contribution in [0.1, 0.15) is 12.8 Å². The molecule has 0 saturated carbocycles. The molecule has 23 heavy (non-hydrogen) atoms. The predicted molar refractivity (Wildman–Crippen MR) is 106 cm³/mol. The van der Waals surface area contributed by atoms with Crippen molar-refractivity contribution in [1.29, 1.82) is 0 Å². The van der Waals surface area contributed by atoms with Gasteiger partial charge in [-0.1, -0.05) is 120 Å². The van der Waals surface area contributed by atoms with Gasteiger partial charge in [0.15, 0.2) is 0 Å². The fourth-order valence-electron chi connectivity index (χ4n) is 2.21. The number of hydrogen-bond acceptors (Lipinski definition) is 0. The van der Waals surface area contributed by atoms with Gasteiger partial charge in [-0.2, -0.15) is 0 Å². The van der Waals surface area contributed by atoms with Crippen LogP contribution in [0.5, 0.6) is 0 Å². The van der Waals surface area contributed by atoms with Crippen LogP contribution in [0, 0.1) is 0 Å². The fraction of sp³-hybridized carbons (Fsp3) is 0.0909. The largest absolute Gasteiger partial charge is 0.0875 e. The summed E-state index contributed by atoms with van der Waals surface area (Å²) in [4.78, 5) is 0. The van der Waals surface area contributed by atoms with Gasteiger partial charge < -0.3 is 0 Å². The lowest BCUT2D eigenvalue weighted by molar-refractivity contribution is 1.45.